The van der Waals surface area contributed by atoms with E-state index in [2.05, 4.69) is 17.5 Å². The van der Waals surface area contributed by atoms with Crippen LogP contribution in [0.3, 0.4) is 0 Å². The third kappa shape index (κ3) is 9.27. The van der Waals surface area contributed by atoms with Crippen LogP contribution in [0.4, 0.5) is 4.79 Å². The highest BCUT2D eigenvalue weighted by Crippen LogP contribution is 1.76. The third-order valence-electron chi connectivity index (χ3n) is 0.0781. The van der Waals surface area contributed by atoms with Gasteiger partial charge in [0.25, 0.3) is 0 Å². The molecule has 4 N–H and O–H groups in total. The number of thiol groups is 1. The smallest absolute Gasteiger partial charge is 0.344 e. The molecule has 0 heterocycles. The first-order chi connectivity index (χ1) is 2.27. The van der Waals surface area contributed by atoms with Gasteiger partial charge in [0.1, 0.15) is 0 Å². The second kappa shape index (κ2) is 4.74. The molecule has 0 radical (unpaired) electrons. The van der Waals surface area contributed by atoms with E-state index in [9.17, 15) is 4.79 Å². The van der Waals surface area contributed by atoms with Crippen molar-refractivity contribution in [2.75, 3.05) is 0 Å². The standard InChI is InChI=1S/CH2O3S.H3N/c2-1(5)4-3;/h3H,(H,2,5);1H3. The zero-order valence-corrected chi connectivity index (χ0v) is 3.81. The van der Waals surface area contributed by atoms with Gasteiger partial charge < -0.3 is 6.15 Å². The van der Waals surface area contributed by atoms with Crippen molar-refractivity contribution in [2.24, 2.45) is 0 Å². The van der Waals surface area contributed by atoms with Gasteiger partial charge in [-0.15, -0.1) is 0 Å². The fraction of sp³-hybridized carbons (Fsp3) is 0. The van der Waals surface area contributed by atoms with Crippen molar-refractivity contribution in [3.05, 3.63) is 0 Å². The third-order valence-corrected chi connectivity index (χ3v) is 0.160. The summed E-state index contributed by atoms with van der Waals surface area (Å²) in [5.41, 5.74) is 0. The molecular weight excluding hydrogens is 106 g/mol. The summed E-state index contributed by atoms with van der Waals surface area (Å²) in [6.07, 6.45) is 0. The van der Waals surface area contributed by atoms with E-state index in [1.54, 1.807) is 0 Å². The minimum absolute atomic E-state index is 0. The first-order valence-corrected chi connectivity index (χ1v) is 1.26. The van der Waals surface area contributed by atoms with Gasteiger partial charge in [-0.1, -0.05) is 12.6 Å². The molecule has 0 aliphatic carbocycles. The predicted octanol–water partition coefficient (Wildman–Crippen LogP) is 0.688. The molecule has 0 atom stereocenters. The van der Waals surface area contributed by atoms with Crippen molar-refractivity contribution in [1.29, 1.82) is 0 Å². The van der Waals surface area contributed by atoms with Gasteiger partial charge in [0, 0.05) is 0 Å². The van der Waals surface area contributed by atoms with Gasteiger partial charge in [-0.2, -0.15) is 5.26 Å². The van der Waals surface area contributed by atoms with Crippen LogP contribution in [0.25, 0.3) is 0 Å². The summed E-state index contributed by atoms with van der Waals surface area (Å²) in [5, 5.41) is 6.22. The van der Waals surface area contributed by atoms with E-state index in [-0.39, 0.29) is 6.15 Å². The molecule has 0 aromatic rings. The Kier molecular flexibility index (Phi) is 7.28. The molecule has 0 saturated heterocycles. The van der Waals surface area contributed by atoms with E-state index < -0.39 is 5.30 Å². The SMILES string of the molecule is N.O=C(S)OO. The van der Waals surface area contributed by atoms with E-state index in [1.807, 2.05) is 0 Å². The van der Waals surface area contributed by atoms with Crippen molar-refractivity contribution in [2.45, 2.75) is 0 Å². The van der Waals surface area contributed by atoms with E-state index >= 15 is 0 Å². The number of rotatable bonds is 0. The molecule has 0 aliphatic heterocycles. The Hall–Kier alpha value is -0.260. The van der Waals surface area contributed by atoms with Gasteiger partial charge in [0.15, 0.2) is 0 Å². The molecule has 0 bridgehead atoms. The Morgan fingerprint density at radius 1 is 1.83 bits per heavy atom. The fourth-order valence-corrected chi connectivity index (χ4v) is 0. The van der Waals surface area contributed by atoms with Gasteiger partial charge in [-0.05, 0) is 0 Å². The van der Waals surface area contributed by atoms with Crippen molar-refractivity contribution >= 4 is 17.9 Å². The Balaban J connectivity index is 0. The summed E-state index contributed by atoms with van der Waals surface area (Å²) in [6.45, 7) is 0. The van der Waals surface area contributed by atoms with Crippen LogP contribution < -0.4 is 6.15 Å². The summed E-state index contributed by atoms with van der Waals surface area (Å²) in [7, 11) is 0. The van der Waals surface area contributed by atoms with Crippen LogP contribution >= 0.6 is 12.6 Å². The lowest BCUT2D eigenvalue weighted by atomic mass is 11.6. The maximum absolute atomic E-state index is 9.20. The normalized spacial score (nSPS) is 5.67. The molecule has 0 aromatic carbocycles. The van der Waals surface area contributed by atoms with Crippen molar-refractivity contribution in [3.8, 4) is 0 Å². The molecule has 4 nitrogen and oxygen atoms in total. The number of hydrogen-bond donors (Lipinski definition) is 3. The number of carbonyl (C=O) groups excluding carboxylic acids is 1. The highest BCUT2D eigenvalue weighted by Gasteiger charge is 1.81. The summed E-state index contributed by atoms with van der Waals surface area (Å²) < 4.78 is 0. The van der Waals surface area contributed by atoms with Gasteiger partial charge in [-0.25, -0.2) is 4.79 Å². The monoisotopic (exact) mass is 111 g/mol. The van der Waals surface area contributed by atoms with Crippen LogP contribution in [-0.2, 0) is 4.89 Å². The lowest BCUT2D eigenvalue weighted by molar-refractivity contribution is -0.166. The van der Waals surface area contributed by atoms with Gasteiger partial charge in [-0.3, -0.25) is 4.89 Å². The summed E-state index contributed by atoms with van der Waals surface area (Å²) >= 11 is 2.99. The Bertz CT molecular complexity index is 46.1. The Labute approximate surface area is 40.0 Å². The topological polar surface area (TPSA) is 81.5 Å². The molecular formula is CH5NO3S. The zero-order chi connectivity index (χ0) is 4.28. The van der Waals surface area contributed by atoms with E-state index in [0.717, 1.165) is 0 Å². The lowest BCUT2D eigenvalue weighted by Gasteiger charge is -1.75. The van der Waals surface area contributed by atoms with Crippen molar-refractivity contribution in [3.63, 3.8) is 0 Å². The molecule has 0 spiro atoms. The zero-order valence-electron chi connectivity index (χ0n) is 2.92. The summed E-state index contributed by atoms with van der Waals surface area (Å²) in [4.78, 5) is 12.2. The fourth-order valence-electron chi connectivity index (χ4n) is 0. The first-order valence-electron chi connectivity index (χ1n) is 0.814. The van der Waals surface area contributed by atoms with E-state index in [1.165, 1.54) is 0 Å². The summed E-state index contributed by atoms with van der Waals surface area (Å²) in [5.74, 6) is 0. The molecule has 0 fully saturated rings. The lowest BCUT2D eigenvalue weighted by Crippen LogP contribution is -1.82. The average Bonchev–Trinajstić information content (AvgIpc) is 1.38. The van der Waals surface area contributed by atoms with Crippen LogP contribution in [0.15, 0.2) is 0 Å². The van der Waals surface area contributed by atoms with Crippen LogP contribution in [0.1, 0.15) is 0 Å². The highest BCUT2D eigenvalue weighted by atomic mass is 32.1. The van der Waals surface area contributed by atoms with Crippen molar-refractivity contribution in [1.82, 2.24) is 6.15 Å². The van der Waals surface area contributed by atoms with Crippen LogP contribution in [0.2, 0.25) is 0 Å². The quantitative estimate of drug-likeness (QED) is 0.244. The van der Waals surface area contributed by atoms with Gasteiger partial charge >= 0.3 is 5.30 Å². The van der Waals surface area contributed by atoms with Gasteiger partial charge in [0.2, 0.25) is 0 Å². The van der Waals surface area contributed by atoms with Gasteiger partial charge in [0.05, 0.1) is 0 Å². The minimum atomic E-state index is -0.995. The molecule has 38 valence electrons. The van der Waals surface area contributed by atoms with Crippen molar-refractivity contribution < 1.29 is 14.9 Å². The van der Waals surface area contributed by atoms with E-state index in [4.69, 9.17) is 5.26 Å². The molecule has 0 aromatic heterocycles. The second-order valence-corrected chi connectivity index (χ2v) is 0.722. The Morgan fingerprint density at radius 2 is 2.00 bits per heavy atom. The minimum Gasteiger partial charge on any atom is -0.344 e. The van der Waals surface area contributed by atoms with Crippen LogP contribution in [-0.4, -0.2) is 10.6 Å². The van der Waals surface area contributed by atoms with Crippen LogP contribution in [0.5, 0.6) is 0 Å². The largest absolute Gasteiger partial charge is 0.397 e. The summed E-state index contributed by atoms with van der Waals surface area (Å²) in [6, 6.07) is 0. The maximum Gasteiger partial charge on any atom is 0.397 e. The molecule has 5 heteroatoms. The predicted molar refractivity (Wildman–Crippen MR) is 23.1 cm³/mol. The molecule has 0 aliphatic rings. The highest BCUT2D eigenvalue weighted by molar-refractivity contribution is 7.96. The molecule has 0 rings (SSSR count). The Morgan fingerprint density at radius 3 is 2.00 bits per heavy atom. The first kappa shape index (κ1) is 9.22. The number of hydrogen-bond acceptors (Lipinski definition) is 4. The van der Waals surface area contributed by atoms with Crippen LogP contribution in [0, 0.1) is 0 Å². The molecule has 0 unspecified atom stereocenters. The molecule has 0 saturated carbocycles. The average molecular weight is 111 g/mol. The second-order valence-electron chi connectivity index (χ2n) is 0.357. The molecule has 6 heavy (non-hydrogen) atoms. The number of carbonyl (C=O) groups is 1. The molecule has 0 amide bonds. The van der Waals surface area contributed by atoms with E-state index in [0.29, 0.717) is 0 Å². The maximum atomic E-state index is 9.20.